The van der Waals surface area contributed by atoms with E-state index in [2.05, 4.69) is 9.97 Å². The van der Waals surface area contributed by atoms with Crippen molar-refractivity contribution in [3.05, 3.63) is 11.9 Å². The number of piperazine rings is 1. The van der Waals surface area contributed by atoms with Gasteiger partial charge in [-0.25, -0.2) is 4.98 Å². The zero-order chi connectivity index (χ0) is 16.3. The van der Waals surface area contributed by atoms with Gasteiger partial charge in [-0.3, -0.25) is 4.79 Å². The second kappa shape index (κ2) is 6.37. The molecular weight excluding hydrogens is 301 g/mol. The van der Waals surface area contributed by atoms with Gasteiger partial charge in [-0.15, -0.1) is 0 Å². The molecule has 1 fully saturated rings. The number of carbonyl (C=O) groups excluding carboxylic acids is 1. The minimum absolute atomic E-state index is 0.236. The molecule has 2 rings (SSSR count). The number of hydrogen-bond acceptors (Lipinski definition) is 5. The van der Waals surface area contributed by atoms with E-state index in [1.54, 1.807) is 13.0 Å². The van der Waals surface area contributed by atoms with Crippen molar-refractivity contribution in [3.63, 3.8) is 0 Å². The molecule has 0 saturated carbocycles. The lowest BCUT2D eigenvalue weighted by molar-refractivity contribution is -0.161. The summed E-state index contributed by atoms with van der Waals surface area (Å²) >= 11 is 0. The van der Waals surface area contributed by atoms with Crippen molar-refractivity contribution < 1.29 is 22.7 Å². The van der Waals surface area contributed by atoms with Crippen LogP contribution in [-0.2, 0) is 4.79 Å². The molecule has 0 N–H and O–H groups in total. The van der Waals surface area contributed by atoms with E-state index in [0.717, 1.165) is 0 Å². The molecule has 1 aromatic heterocycles. The maximum Gasteiger partial charge on any atom is 0.397 e. The number of halogens is 3. The molecule has 1 aromatic rings. The van der Waals surface area contributed by atoms with Crippen LogP contribution in [0.5, 0.6) is 5.88 Å². The molecule has 0 unspecified atom stereocenters. The molecule has 1 saturated heterocycles. The number of aryl methyl sites for hydroxylation is 1. The first-order valence-electron chi connectivity index (χ1n) is 6.77. The Hall–Kier alpha value is -2.06. The maximum absolute atomic E-state index is 12.2. The Morgan fingerprint density at radius 2 is 1.91 bits per heavy atom. The van der Waals surface area contributed by atoms with Crippen LogP contribution in [0.1, 0.15) is 12.2 Å². The molecule has 0 atom stereocenters. The van der Waals surface area contributed by atoms with Gasteiger partial charge >= 0.3 is 6.18 Å². The van der Waals surface area contributed by atoms with Gasteiger partial charge in [-0.05, 0) is 6.92 Å². The highest BCUT2D eigenvalue weighted by atomic mass is 19.4. The number of alkyl halides is 3. The van der Waals surface area contributed by atoms with E-state index in [0.29, 0.717) is 30.6 Å². The molecule has 1 amide bonds. The van der Waals surface area contributed by atoms with E-state index in [4.69, 9.17) is 4.74 Å². The van der Waals surface area contributed by atoms with Crippen LogP contribution in [0.2, 0.25) is 0 Å². The summed E-state index contributed by atoms with van der Waals surface area (Å²) in [6.45, 7) is 3.04. The van der Waals surface area contributed by atoms with Crippen LogP contribution in [-0.4, -0.2) is 60.2 Å². The standard InChI is InChI=1S/C13H17F3N4O2/c1-9-17-10(7-11(18-9)22-2)19-3-5-20(6-4-19)12(21)8-13(14,15)16/h7H,3-6,8H2,1-2H3. The van der Waals surface area contributed by atoms with Gasteiger partial charge in [0.2, 0.25) is 11.8 Å². The van der Waals surface area contributed by atoms with Crippen molar-refractivity contribution in [2.75, 3.05) is 38.2 Å². The number of rotatable bonds is 3. The number of nitrogens with zero attached hydrogens (tertiary/aromatic N) is 4. The molecule has 0 bridgehead atoms. The number of methoxy groups -OCH3 is 1. The third kappa shape index (κ3) is 4.22. The van der Waals surface area contributed by atoms with E-state index in [1.807, 2.05) is 4.90 Å². The second-order valence-corrected chi connectivity index (χ2v) is 4.98. The van der Waals surface area contributed by atoms with E-state index in [-0.39, 0.29) is 13.1 Å². The lowest BCUT2D eigenvalue weighted by Gasteiger charge is -2.35. The number of amides is 1. The first kappa shape index (κ1) is 16.3. The van der Waals surface area contributed by atoms with E-state index < -0.39 is 18.5 Å². The van der Waals surface area contributed by atoms with Crippen LogP contribution in [0.15, 0.2) is 6.07 Å². The number of anilines is 1. The predicted octanol–water partition coefficient (Wildman–Crippen LogP) is 1.39. The summed E-state index contributed by atoms with van der Waals surface area (Å²) in [6, 6.07) is 1.67. The molecule has 6 nitrogen and oxygen atoms in total. The number of carbonyl (C=O) groups is 1. The van der Waals surface area contributed by atoms with Crippen molar-refractivity contribution in [2.24, 2.45) is 0 Å². The lowest BCUT2D eigenvalue weighted by Crippen LogP contribution is -2.49. The van der Waals surface area contributed by atoms with Crippen LogP contribution >= 0.6 is 0 Å². The summed E-state index contributed by atoms with van der Waals surface area (Å²) in [7, 11) is 1.50. The number of ether oxygens (including phenoxy) is 1. The summed E-state index contributed by atoms with van der Waals surface area (Å²) in [6.07, 6.45) is -5.88. The Balaban J connectivity index is 1.97. The first-order chi connectivity index (χ1) is 10.3. The Bertz CT molecular complexity index is 543. The average molecular weight is 318 g/mol. The quantitative estimate of drug-likeness (QED) is 0.843. The topological polar surface area (TPSA) is 58.6 Å². The molecule has 0 radical (unpaired) electrons. The largest absolute Gasteiger partial charge is 0.481 e. The summed E-state index contributed by atoms with van der Waals surface area (Å²) in [5.74, 6) is 0.735. The smallest absolute Gasteiger partial charge is 0.397 e. The molecular formula is C13H17F3N4O2. The van der Waals surface area contributed by atoms with Crippen LogP contribution in [0.3, 0.4) is 0 Å². The van der Waals surface area contributed by atoms with Gasteiger partial charge in [0.25, 0.3) is 0 Å². The van der Waals surface area contributed by atoms with Gasteiger partial charge in [0.15, 0.2) is 0 Å². The fourth-order valence-corrected chi connectivity index (χ4v) is 2.26. The molecule has 1 aliphatic rings. The van der Waals surface area contributed by atoms with Crippen LogP contribution in [0, 0.1) is 6.92 Å². The van der Waals surface area contributed by atoms with Crippen molar-refractivity contribution in [3.8, 4) is 5.88 Å². The Morgan fingerprint density at radius 1 is 1.27 bits per heavy atom. The fraction of sp³-hybridized carbons (Fsp3) is 0.615. The highest BCUT2D eigenvalue weighted by molar-refractivity contribution is 5.77. The van der Waals surface area contributed by atoms with Crippen molar-refractivity contribution >= 4 is 11.7 Å². The third-order valence-electron chi connectivity index (χ3n) is 3.32. The molecule has 22 heavy (non-hydrogen) atoms. The van der Waals surface area contributed by atoms with Gasteiger partial charge in [-0.2, -0.15) is 18.2 Å². The molecule has 0 spiro atoms. The highest BCUT2D eigenvalue weighted by Crippen LogP contribution is 2.22. The maximum atomic E-state index is 12.2. The lowest BCUT2D eigenvalue weighted by atomic mass is 10.2. The van der Waals surface area contributed by atoms with Crippen LogP contribution in [0.4, 0.5) is 19.0 Å². The van der Waals surface area contributed by atoms with Crippen LogP contribution in [0.25, 0.3) is 0 Å². The summed E-state index contributed by atoms with van der Waals surface area (Å²) in [5, 5.41) is 0. The van der Waals surface area contributed by atoms with Gasteiger partial charge in [0, 0.05) is 32.2 Å². The van der Waals surface area contributed by atoms with Crippen LogP contribution < -0.4 is 9.64 Å². The minimum Gasteiger partial charge on any atom is -0.481 e. The van der Waals surface area contributed by atoms with E-state index in [1.165, 1.54) is 12.0 Å². The zero-order valence-corrected chi connectivity index (χ0v) is 12.4. The molecule has 2 heterocycles. The van der Waals surface area contributed by atoms with E-state index in [9.17, 15) is 18.0 Å². The number of aromatic nitrogens is 2. The normalized spacial score (nSPS) is 15.9. The Labute approximate surface area is 125 Å². The van der Waals surface area contributed by atoms with Crippen molar-refractivity contribution in [1.29, 1.82) is 0 Å². The molecule has 0 aliphatic carbocycles. The summed E-state index contributed by atoms with van der Waals surface area (Å²) in [5.41, 5.74) is 0. The second-order valence-electron chi connectivity index (χ2n) is 4.98. The summed E-state index contributed by atoms with van der Waals surface area (Å²) in [4.78, 5) is 23.0. The van der Waals surface area contributed by atoms with Gasteiger partial charge in [0.05, 0.1) is 7.11 Å². The van der Waals surface area contributed by atoms with Gasteiger partial charge < -0.3 is 14.5 Å². The monoisotopic (exact) mass is 318 g/mol. The van der Waals surface area contributed by atoms with Gasteiger partial charge in [0.1, 0.15) is 18.1 Å². The van der Waals surface area contributed by atoms with E-state index >= 15 is 0 Å². The Morgan fingerprint density at radius 3 is 2.45 bits per heavy atom. The molecule has 9 heteroatoms. The fourth-order valence-electron chi connectivity index (χ4n) is 2.26. The highest BCUT2D eigenvalue weighted by Gasteiger charge is 2.34. The Kier molecular flexibility index (Phi) is 4.72. The zero-order valence-electron chi connectivity index (χ0n) is 12.4. The predicted molar refractivity (Wildman–Crippen MR) is 72.8 cm³/mol. The third-order valence-corrected chi connectivity index (χ3v) is 3.32. The molecule has 1 aliphatic heterocycles. The minimum atomic E-state index is -4.47. The SMILES string of the molecule is COc1cc(N2CCN(C(=O)CC(F)(F)F)CC2)nc(C)n1. The molecule has 0 aromatic carbocycles. The molecule has 122 valence electrons. The van der Waals surface area contributed by atoms with Gasteiger partial charge in [-0.1, -0.05) is 0 Å². The average Bonchev–Trinajstić information content (AvgIpc) is 2.45. The number of hydrogen-bond donors (Lipinski definition) is 0. The van der Waals surface area contributed by atoms with Crippen molar-refractivity contribution in [1.82, 2.24) is 14.9 Å². The first-order valence-corrected chi connectivity index (χ1v) is 6.77. The summed E-state index contributed by atoms with van der Waals surface area (Å²) < 4.78 is 41.8. The van der Waals surface area contributed by atoms with Crippen molar-refractivity contribution in [2.45, 2.75) is 19.5 Å².